The monoisotopic (exact) mass is 158 g/mol. The molecule has 1 aliphatic rings. The van der Waals surface area contributed by atoms with Crippen molar-refractivity contribution in [2.45, 2.75) is 19.4 Å². The first-order valence-electron chi connectivity index (χ1n) is 4.40. The summed E-state index contributed by atoms with van der Waals surface area (Å²) >= 11 is 0. The first-order valence-corrected chi connectivity index (χ1v) is 4.40. The van der Waals surface area contributed by atoms with Crippen molar-refractivity contribution >= 4 is 0 Å². The lowest BCUT2D eigenvalue weighted by Crippen LogP contribution is -2.49. The van der Waals surface area contributed by atoms with Crippen LogP contribution >= 0.6 is 0 Å². The molecule has 3 nitrogen and oxygen atoms in total. The number of hydrogen-bond donors (Lipinski definition) is 1. The number of ether oxygens (including phenoxy) is 1. The molecule has 0 amide bonds. The summed E-state index contributed by atoms with van der Waals surface area (Å²) in [6, 6.07) is 0.462. The lowest BCUT2D eigenvalue weighted by molar-refractivity contribution is -0.00364. The zero-order chi connectivity index (χ0) is 8.10. The van der Waals surface area contributed by atoms with E-state index < -0.39 is 0 Å². The third kappa shape index (κ3) is 2.43. The van der Waals surface area contributed by atoms with Crippen LogP contribution in [-0.4, -0.2) is 43.8 Å². The fraction of sp³-hybridized carbons (Fsp3) is 1.00. The molecule has 0 aliphatic carbocycles. The number of morpholine rings is 1. The highest BCUT2D eigenvalue weighted by Gasteiger charge is 2.19. The molecule has 1 aliphatic heterocycles. The van der Waals surface area contributed by atoms with Crippen LogP contribution < -0.4 is 5.73 Å². The van der Waals surface area contributed by atoms with Gasteiger partial charge in [-0.1, -0.05) is 6.92 Å². The van der Waals surface area contributed by atoms with Crippen molar-refractivity contribution < 1.29 is 4.74 Å². The Morgan fingerprint density at radius 1 is 1.64 bits per heavy atom. The molecule has 11 heavy (non-hydrogen) atoms. The molecule has 0 bridgehead atoms. The fourth-order valence-electron chi connectivity index (χ4n) is 1.49. The zero-order valence-corrected chi connectivity index (χ0v) is 7.25. The molecule has 1 fully saturated rings. The minimum absolute atomic E-state index is 0.462. The van der Waals surface area contributed by atoms with E-state index in [-0.39, 0.29) is 0 Å². The van der Waals surface area contributed by atoms with Crippen LogP contribution in [-0.2, 0) is 4.74 Å². The highest BCUT2D eigenvalue weighted by atomic mass is 16.5. The van der Waals surface area contributed by atoms with Crippen molar-refractivity contribution in [3.63, 3.8) is 0 Å². The van der Waals surface area contributed by atoms with E-state index in [2.05, 4.69) is 11.8 Å². The Labute approximate surface area is 68.5 Å². The largest absolute Gasteiger partial charge is 0.378 e. The van der Waals surface area contributed by atoms with E-state index in [1.54, 1.807) is 0 Å². The molecule has 1 heterocycles. The summed E-state index contributed by atoms with van der Waals surface area (Å²) in [7, 11) is 0. The molecule has 0 spiro atoms. The van der Waals surface area contributed by atoms with E-state index in [4.69, 9.17) is 10.5 Å². The van der Waals surface area contributed by atoms with Gasteiger partial charge in [-0.15, -0.1) is 0 Å². The lowest BCUT2D eigenvalue weighted by Gasteiger charge is -2.34. The topological polar surface area (TPSA) is 38.5 Å². The predicted octanol–water partition coefficient (Wildman–Crippen LogP) is 0.0559. The molecule has 0 aromatic heterocycles. The van der Waals surface area contributed by atoms with Gasteiger partial charge in [0.2, 0.25) is 0 Å². The first kappa shape index (κ1) is 8.97. The molecule has 1 atom stereocenters. The summed E-state index contributed by atoms with van der Waals surface area (Å²) in [5.74, 6) is 0. The average Bonchev–Trinajstić information content (AvgIpc) is 2.06. The van der Waals surface area contributed by atoms with Gasteiger partial charge >= 0.3 is 0 Å². The summed E-state index contributed by atoms with van der Waals surface area (Å²) in [6.07, 6.45) is 1.20. The first-order chi connectivity index (χ1) is 5.38. The van der Waals surface area contributed by atoms with Gasteiger partial charge in [0.15, 0.2) is 0 Å². The number of nitrogens with zero attached hydrogens (tertiary/aromatic N) is 1. The van der Waals surface area contributed by atoms with Gasteiger partial charge < -0.3 is 10.5 Å². The average molecular weight is 158 g/mol. The van der Waals surface area contributed by atoms with Gasteiger partial charge in [-0.2, -0.15) is 0 Å². The molecule has 2 N–H and O–H groups in total. The molecule has 0 aromatic carbocycles. The zero-order valence-electron chi connectivity index (χ0n) is 7.25. The molecular weight excluding hydrogens is 140 g/mol. The van der Waals surface area contributed by atoms with Gasteiger partial charge in [0.25, 0.3) is 0 Å². The number of rotatable bonds is 3. The van der Waals surface area contributed by atoms with Crippen LogP contribution in [0.1, 0.15) is 13.3 Å². The maximum atomic E-state index is 5.60. The minimum Gasteiger partial charge on any atom is -0.378 e. The third-order valence-corrected chi connectivity index (χ3v) is 2.13. The van der Waals surface area contributed by atoms with Crippen molar-refractivity contribution in [3.05, 3.63) is 0 Å². The second-order valence-electron chi connectivity index (χ2n) is 3.00. The summed E-state index contributed by atoms with van der Waals surface area (Å²) in [4.78, 5) is 2.42. The molecule has 1 rings (SSSR count). The second-order valence-corrected chi connectivity index (χ2v) is 3.00. The van der Waals surface area contributed by atoms with Gasteiger partial charge in [-0.25, -0.2) is 0 Å². The normalized spacial score (nSPS) is 27.3. The number of hydrogen-bond acceptors (Lipinski definition) is 3. The van der Waals surface area contributed by atoms with Crippen LogP contribution in [0.25, 0.3) is 0 Å². The highest BCUT2D eigenvalue weighted by Crippen LogP contribution is 2.05. The molecule has 1 saturated heterocycles. The second kappa shape index (κ2) is 4.70. The van der Waals surface area contributed by atoms with E-state index in [0.717, 1.165) is 32.8 Å². The molecule has 1 unspecified atom stereocenters. The van der Waals surface area contributed by atoms with Gasteiger partial charge in [-0.3, -0.25) is 4.90 Å². The highest BCUT2D eigenvalue weighted by molar-refractivity contribution is 4.75. The Morgan fingerprint density at radius 3 is 3.09 bits per heavy atom. The van der Waals surface area contributed by atoms with Crippen molar-refractivity contribution in [2.24, 2.45) is 5.73 Å². The Morgan fingerprint density at radius 2 is 2.45 bits per heavy atom. The van der Waals surface area contributed by atoms with Gasteiger partial charge in [0.1, 0.15) is 0 Å². The molecule has 0 saturated carbocycles. The van der Waals surface area contributed by atoms with E-state index in [0.29, 0.717) is 6.04 Å². The molecule has 0 radical (unpaired) electrons. The van der Waals surface area contributed by atoms with Crippen LogP contribution in [0.4, 0.5) is 0 Å². The maximum Gasteiger partial charge on any atom is 0.0634 e. The molecule has 0 aromatic rings. The Balaban J connectivity index is 2.31. The van der Waals surface area contributed by atoms with Crippen molar-refractivity contribution in [1.29, 1.82) is 0 Å². The van der Waals surface area contributed by atoms with Crippen LogP contribution in [0, 0.1) is 0 Å². The summed E-state index contributed by atoms with van der Waals surface area (Å²) in [5, 5.41) is 0. The SMILES string of the molecule is CCCN1CCOCC1CN. The molecule has 66 valence electrons. The molecule has 3 heteroatoms. The Kier molecular flexibility index (Phi) is 3.83. The van der Waals surface area contributed by atoms with Crippen molar-refractivity contribution in [2.75, 3.05) is 32.8 Å². The van der Waals surface area contributed by atoms with Crippen LogP contribution in [0.2, 0.25) is 0 Å². The van der Waals surface area contributed by atoms with Crippen molar-refractivity contribution in [1.82, 2.24) is 4.90 Å². The van der Waals surface area contributed by atoms with E-state index in [1.165, 1.54) is 6.42 Å². The van der Waals surface area contributed by atoms with Crippen LogP contribution in [0.5, 0.6) is 0 Å². The minimum atomic E-state index is 0.462. The van der Waals surface area contributed by atoms with E-state index in [1.807, 2.05) is 0 Å². The van der Waals surface area contributed by atoms with Crippen molar-refractivity contribution in [3.8, 4) is 0 Å². The predicted molar refractivity (Wildman–Crippen MR) is 45.5 cm³/mol. The van der Waals surface area contributed by atoms with Crippen LogP contribution in [0.3, 0.4) is 0 Å². The van der Waals surface area contributed by atoms with Gasteiger partial charge in [0.05, 0.1) is 13.2 Å². The number of nitrogens with two attached hydrogens (primary N) is 1. The fourth-order valence-corrected chi connectivity index (χ4v) is 1.49. The molecular formula is C8H18N2O. The smallest absolute Gasteiger partial charge is 0.0634 e. The van der Waals surface area contributed by atoms with E-state index in [9.17, 15) is 0 Å². The third-order valence-electron chi connectivity index (χ3n) is 2.13. The Bertz CT molecular complexity index is 106. The lowest BCUT2D eigenvalue weighted by atomic mass is 10.2. The van der Waals surface area contributed by atoms with Crippen LogP contribution in [0.15, 0.2) is 0 Å². The standard InChI is InChI=1S/C8H18N2O/c1-2-3-10-4-5-11-7-8(10)6-9/h8H,2-7,9H2,1H3. The Hall–Kier alpha value is -0.120. The quantitative estimate of drug-likeness (QED) is 0.631. The maximum absolute atomic E-state index is 5.60. The van der Waals surface area contributed by atoms with Gasteiger partial charge in [-0.05, 0) is 13.0 Å². The summed E-state index contributed by atoms with van der Waals surface area (Å²) < 4.78 is 5.33. The van der Waals surface area contributed by atoms with E-state index >= 15 is 0 Å². The summed E-state index contributed by atoms with van der Waals surface area (Å²) in [5.41, 5.74) is 5.60. The summed E-state index contributed by atoms with van der Waals surface area (Å²) in [6.45, 7) is 6.82. The van der Waals surface area contributed by atoms with Gasteiger partial charge in [0, 0.05) is 19.1 Å².